The number of aryl methyl sites for hydroxylation is 1. The summed E-state index contributed by atoms with van der Waals surface area (Å²) < 4.78 is 6.08. The number of halogens is 1. The van der Waals surface area contributed by atoms with Gasteiger partial charge in [-0.3, -0.25) is 4.98 Å². The van der Waals surface area contributed by atoms with Crippen LogP contribution in [0.15, 0.2) is 28.9 Å². The molecular formula is C15H17BrN2O3. The van der Waals surface area contributed by atoms with Gasteiger partial charge in [0.1, 0.15) is 11.5 Å². The van der Waals surface area contributed by atoms with Gasteiger partial charge in [0.25, 0.3) is 0 Å². The molecule has 0 saturated heterocycles. The molecule has 0 bridgehead atoms. The zero-order valence-electron chi connectivity index (χ0n) is 11.9. The lowest BCUT2D eigenvalue weighted by molar-refractivity contribution is 0.279. The van der Waals surface area contributed by atoms with E-state index in [4.69, 9.17) is 4.74 Å². The van der Waals surface area contributed by atoms with Crippen LogP contribution in [0.25, 0.3) is 0 Å². The van der Waals surface area contributed by atoms with E-state index in [1.54, 1.807) is 20.2 Å². The van der Waals surface area contributed by atoms with Gasteiger partial charge < -0.3 is 20.3 Å². The molecule has 112 valence electrons. The van der Waals surface area contributed by atoms with Crippen molar-refractivity contribution in [1.82, 2.24) is 4.98 Å². The number of aliphatic hydroxyl groups excluding tert-OH is 1. The van der Waals surface area contributed by atoms with Crippen LogP contribution < -0.4 is 10.1 Å². The van der Waals surface area contributed by atoms with Crippen LogP contribution in [0.4, 0.5) is 5.69 Å². The third-order valence-corrected chi connectivity index (χ3v) is 3.92. The molecule has 2 rings (SSSR count). The first-order chi connectivity index (χ1) is 10.1. The maximum Gasteiger partial charge on any atom is 0.142 e. The number of ether oxygens (including phenoxy) is 1. The summed E-state index contributed by atoms with van der Waals surface area (Å²) in [5, 5.41) is 22.7. The number of benzene rings is 1. The summed E-state index contributed by atoms with van der Waals surface area (Å²) >= 11 is 3.46. The van der Waals surface area contributed by atoms with Crippen molar-refractivity contribution >= 4 is 21.6 Å². The summed E-state index contributed by atoms with van der Waals surface area (Å²) in [7, 11) is 1.61. The SMILES string of the molecule is COc1ccc(Br)c(NCc2c(CO)cnc(C)c2O)c1. The predicted octanol–water partition coefficient (Wildman–Crippen LogP) is 2.97. The molecule has 0 fully saturated rings. The molecule has 6 heteroatoms. The fourth-order valence-electron chi connectivity index (χ4n) is 1.97. The minimum absolute atomic E-state index is 0.105. The maximum atomic E-state index is 10.1. The van der Waals surface area contributed by atoms with Gasteiger partial charge in [0.2, 0.25) is 0 Å². The van der Waals surface area contributed by atoms with Crippen LogP contribution in [0.1, 0.15) is 16.8 Å². The second-order valence-corrected chi connectivity index (χ2v) is 5.41. The smallest absolute Gasteiger partial charge is 0.142 e. The van der Waals surface area contributed by atoms with E-state index in [0.717, 1.165) is 15.9 Å². The molecule has 0 aliphatic heterocycles. The zero-order valence-corrected chi connectivity index (χ0v) is 13.4. The van der Waals surface area contributed by atoms with Gasteiger partial charge in [-0.25, -0.2) is 0 Å². The number of anilines is 1. The molecule has 5 nitrogen and oxygen atoms in total. The number of methoxy groups -OCH3 is 1. The van der Waals surface area contributed by atoms with Gasteiger partial charge in [-0.05, 0) is 35.0 Å². The van der Waals surface area contributed by atoms with E-state index in [-0.39, 0.29) is 12.4 Å². The zero-order chi connectivity index (χ0) is 15.4. The highest BCUT2D eigenvalue weighted by atomic mass is 79.9. The molecule has 1 aromatic heterocycles. The minimum Gasteiger partial charge on any atom is -0.506 e. The molecule has 0 saturated carbocycles. The number of aromatic nitrogens is 1. The Balaban J connectivity index is 2.26. The molecular weight excluding hydrogens is 336 g/mol. The third-order valence-electron chi connectivity index (χ3n) is 3.23. The molecule has 1 aromatic carbocycles. The third kappa shape index (κ3) is 3.46. The maximum absolute atomic E-state index is 10.1. The van der Waals surface area contributed by atoms with Crippen LogP contribution in [0.5, 0.6) is 11.5 Å². The van der Waals surface area contributed by atoms with Crippen LogP contribution >= 0.6 is 15.9 Å². The van der Waals surface area contributed by atoms with E-state index in [1.807, 2.05) is 18.2 Å². The topological polar surface area (TPSA) is 74.6 Å². The van der Waals surface area contributed by atoms with Crippen LogP contribution in [0.2, 0.25) is 0 Å². The van der Waals surface area contributed by atoms with Crippen molar-refractivity contribution in [3.05, 3.63) is 45.7 Å². The summed E-state index contributed by atoms with van der Waals surface area (Å²) in [5.41, 5.74) is 2.62. The first-order valence-corrected chi connectivity index (χ1v) is 7.20. The highest BCUT2D eigenvalue weighted by Crippen LogP contribution is 2.29. The van der Waals surface area contributed by atoms with Crippen molar-refractivity contribution in [1.29, 1.82) is 0 Å². The van der Waals surface area contributed by atoms with Gasteiger partial charge in [-0.1, -0.05) is 0 Å². The normalized spacial score (nSPS) is 10.5. The highest BCUT2D eigenvalue weighted by Gasteiger charge is 2.12. The number of hydrogen-bond donors (Lipinski definition) is 3. The quantitative estimate of drug-likeness (QED) is 0.771. The fourth-order valence-corrected chi connectivity index (χ4v) is 2.36. The van der Waals surface area contributed by atoms with Gasteiger partial charge in [0.15, 0.2) is 0 Å². The number of aromatic hydroxyl groups is 1. The molecule has 3 N–H and O–H groups in total. The van der Waals surface area contributed by atoms with E-state index >= 15 is 0 Å². The monoisotopic (exact) mass is 352 g/mol. The second kappa shape index (κ2) is 6.78. The molecule has 0 unspecified atom stereocenters. The number of pyridine rings is 1. The summed E-state index contributed by atoms with van der Waals surface area (Å²) in [6.07, 6.45) is 1.58. The fraction of sp³-hybridized carbons (Fsp3) is 0.267. The van der Waals surface area contributed by atoms with E-state index in [2.05, 4.69) is 26.2 Å². The molecule has 0 aliphatic rings. The van der Waals surface area contributed by atoms with Gasteiger partial charge in [-0.15, -0.1) is 0 Å². The van der Waals surface area contributed by atoms with Gasteiger partial charge >= 0.3 is 0 Å². The van der Waals surface area contributed by atoms with Crippen molar-refractivity contribution in [3.8, 4) is 11.5 Å². The minimum atomic E-state index is -0.170. The number of nitrogens with one attached hydrogen (secondary N) is 1. The summed E-state index contributed by atoms with van der Waals surface area (Å²) in [5.74, 6) is 0.839. The Morgan fingerprint density at radius 2 is 2.14 bits per heavy atom. The van der Waals surface area contributed by atoms with Crippen molar-refractivity contribution in [2.24, 2.45) is 0 Å². The number of hydrogen-bond acceptors (Lipinski definition) is 5. The van der Waals surface area contributed by atoms with Gasteiger partial charge in [0, 0.05) is 34.4 Å². The van der Waals surface area contributed by atoms with Crippen LogP contribution in [0.3, 0.4) is 0 Å². The molecule has 2 aromatic rings. The van der Waals surface area contributed by atoms with E-state index in [0.29, 0.717) is 23.4 Å². The Hall–Kier alpha value is -1.79. The van der Waals surface area contributed by atoms with Crippen molar-refractivity contribution in [2.45, 2.75) is 20.1 Å². The Bertz CT molecular complexity index is 647. The molecule has 21 heavy (non-hydrogen) atoms. The molecule has 0 aliphatic carbocycles. The standard InChI is InChI=1S/C15H17BrN2O3/c1-9-15(20)12(10(8-19)6-17-9)7-18-14-5-11(21-2)3-4-13(14)16/h3-6,18-20H,7-8H2,1-2H3. The van der Waals surface area contributed by atoms with E-state index in [9.17, 15) is 10.2 Å². The Labute approximate surface area is 131 Å². The first kappa shape index (κ1) is 15.6. The van der Waals surface area contributed by atoms with Crippen LogP contribution in [0, 0.1) is 6.92 Å². The van der Waals surface area contributed by atoms with Crippen molar-refractivity contribution < 1.29 is 14.9 Å². The summed E-state index contributed by atoms with van der Waals surface area (Å²) in [6, 6.07) is 5.59. The molecule has 0 spiro atoms. The Morgan fingerprint density at radius 1 is 1.38 bits per heavy atom. The number of aliphatic hydroxyl groups is 1. The molecule has 0 atom stereocenters. The lowest BCUT2D eigenvalue weighted by Crippen LogP contribution is -2.06. The van der Waals surface area contributed by atoms with E-state index in [1.165, 1.54) is 0 Å². The molecule has 0 amide bonds. The lowest BCUT2D eigenvalue weighted by atomic mass is 10.1. The molecule has 0 radical (unpaired) electrons. The summed E-state index contributed by atoms with van der Waals surface area (Å²) in [4.78, 5) is 4.04. The second-order valence-electron chi connectivity index (χ2n) is 4.55. The Kier molecular flexibility index (Phi) is 5.03. The Morgan fingerprint density at radius 3 is 2.81 bits per heavy atom. The highest BCUT2D eigenvalue weighted by molar-refractivity contribution is 9.10. The lowest BCUT2D eigenvalue weighted by Gasteiger charge is -2.14. The van der Waals surface area contributed by atoms with Crippen molar-refractivity contribution in [3.63, 3.8) is 0 Å². The van der Waals surface area contributed by atoms with Crippen LogP contribution in [-0.2, 0) is 13.2 Å². The van der Waals surface area contributed by atoms with Gasteiger partial charge in [0.05, 0.1) is 25.1 Å². The average molecular weight is 353 g/mol. The van der Waals surface area contributed by atoms with Crippen LogP contribution in [-0.4, -0.2) is 22.3 Å². The van der Waals surface area contributed by atoms with Crippen molar-refractivity contribution in [2.75, 3.05) is 12.4 Å². The number of rotatable bonds is 5. The first-order valence-electron chi connectivity index (χ1n) is 6.41. The largest absolute Gasteiger partial charge is 0.506 e. The molecule has 1 heterocycles. The number of nitrogens with zero attached hydrogens (tertiary/aromatic N) is 1. The van der Waals surface area contributed by atoms with Gasteiger partial charge in [-0.2, -0.15) is 0 Å². The summed E-state index contributed by atoms with van der Waals surface area (Å²) in [6.45, 7) is 1.93. The average Bonchev–Trinajstić information content (AvgIpc) is 2.50. The predicted molar refractivity (Wildman–Crippen MR) is 84.6 cm³/mol. The van der Waals surface area contributed by atoms with E-state index < -0.39 is 0 Å².